The van der Waals surface area contributed by atoms with E-state index in [1.54, 1.807) is 12.1 Å². The molecular weight excluding hydrogens is 384 g/mol. The first kappa shape index (κ1) is 19.9. The molecule has 1 amide bonds. The first-order chi connectivity index (χ1) is 13.0. The highest BCUT2D eigenvalue weighted by molar-refractivity contribution is 7.89. The topological polar surface area (TPSA) is 84.5 Å². The van der Waals surface area contributed by atoms with Gasteiger partial charge in [0.05, 0.1) is 16.4 Å². The Morgan fingerprint density at radius 2 is 1.81 bits per heavy atom. The number of fused-ring (bicyclic) bond motifs is 1. The molecule has 0 saturated carbocycles. The minimum Gasteiger partial charge on any atom is -0.494 e. The molecule has 146 valence electrons. The summed E-state index contributed by atoms with van der Waals surface area (Å²) in [7, 11) is -3.84. The molecule has 1 aromatic carbocycles. The van der Waals surface area contributed by atoms with Crippen LogP contribution in [0, 0.1) is 0 Å². The summed E-state index contributed by atoms with van der Waals surface area (Å²) in [6.45, 7) is 2.36. The van der Waals surface area contributed by atoms with Crippen LogP contribution in [0.5, 0.6) is 5.75 Å². The second-order valence-corrected chi connectivity index (χ2v) is 9.26. The smallest absolute Gasteiger partial charge is 0.276 e. The van der Waals surface area contributed by atoms with Gasteiger partial charge in [0.15, 0.2) is 0 Å². The van der Waals surface area contributed by atoms with Crippen LogP contribution < -0.4 is 15.0 Å². The lowest BCUT2D eigenvalue weighted by atomic mass is 10.00. The molecule has 0 radical (unpaired) electrons. The number of rotatable bonds is 6. The predicted molar refractivity (Wildman–Crippen MR) is 106 cm³/mol. The molecule has 27 heavy (non-hydrogen) atoms. The fraction of sp³-hybridized carbons (Fsp3) is 0.421. The van der Waals surface area contributed by atoms with E-state index < -0.39 is 15.9 Å². The second kappa shape index (κ2) is 8.86. The third-order valence-electron chi connectivity index (χ3n) is 4.46. The summed E-state index contributed by atoms with van der Waals surface area (Å²) >= 11 is 1.46. The van der Waals surface area contributed by atoms with Gasteiger partial charge in [0.25, 0.3) is 15.9 Å². The number of hydrogen-bond donors (Lipinski definition) is 2. The van der Waals surface area contributed by atoms with E-state index in [1.807, 2.05) is 13.0 Å². The summed E-state index contributed by atoms with van der Waals surface area (Å²) in [5.41, 5.74) is 3.54. The zero-order valence-electron chi connectivity index (χ0n) is 15.3. The molecule has 0 fully saturated rings. The van der Waals surface area contributed by atoms with Crippen molar-refractivity contribution in [3.63, 3.8) is 0 Å². The SMILES string of the molecule is CCOc1ccc(S(=O)(=O)NNC(=O)c2cc3c(s2)CCCCCC3)cc1. The molecule has 3 rings (SSSR count). The number of benzene rings is 1. The summed E-state index contributed by atoms with van der Waals surface area (Å²) < 4.78 is 30.0. The molecule has 2 N–H and O–H groups in total. The fourth-order valence-electron chi connectivity index (χ4n) is 3.07. The van der Waals surface area contributed by atoms with E-state index in [0.717, 1.165) is 25.7 Å². The number of hydrogen-bond acceptors (Lipinski definition) is 5. The van der Waals surface area contributed by atoms with Crippen LogP contribution in [0.25, 0.3) is 0 Å². The van der Waals surface area contributed by atoms with Gasteiger partial charge in [-0.15, -0.1) is 16.2 Å². The van der Waals surface area contributed by atoms with E-state index >= 15 is 0 Å². The maximum absolute atomic E-state index is 12.4. The van der Waals surface area contributed by atoms with Crippen molar-refractivity contribution in [1.82, 2.24) is 10.3 Å². The van der Waals surface area contributed by atoms with Crippen molar-refractivity contribution < 1.29 is 17.9 Å². The highest BCUT2D eigenvalue weighted by Crippen LogP contribution is 2.28. The molecule has 2 aromatic rings. The van der Waals surface area contributed by atoms with Crippen molar-refractivity contribution in [2.24, 2.45) is 0 Å². The van der Waals surface area contributed by atoms with Crippen LogP contribution in [0.15, 0.2) is 35.2 Å². The number of thiophene rings is 1. The van der Waals surface area contributed by atoms with Crippen LogP contribution in [0.4, 0.5) is 0 Å². The zero-order chi connectivity index (χ0) is 19.3. The molecular formula is C19H24N2O4S2. The summed E-state index contributed by atoms with van der Waals surface area (Å²) in [5.74, 6) is 0.165. The van der Waals surface area contributed by atoms with E-state index in [2.05, 4.69) is 10.3 Å². The van der Waals surface area contributed by atoms with Gasteiger partial charge in [0.1, 0.15) is 5.75 Å². The molecule has 1 aliphatic carbocycles. The maximum atomic E-state index is 12.4. The van der Waals surface area contributed by atoms with Crippen molar-refractivity contribution >= 4 is 27.3 Å². The van der Waals surface area contributed by atoms with E-state index in [0.29, 0.717) is 17.2 Å². The Kier molecular flexibility index (Phi) is 6.51. The van der Waals surface area contributed by atoms with Gasteiger partial charge < -0.3 is 4.74 Å². The number of hydrazine groups is 1. The number of carbonyl (C=O) groups excluding carboxylic acids is 1. The molecule has 1 aromatic heterocycles. The van der Waals surface area contributed by atoms with Gasteiger partial charge >= 0.3 is 0 Å². The van der Waals surface area contributed by atoms with Crippen molar-refractivity contribution in [3.8, 4) is 5.75 Å². The molecule has 0 spiro atoms. The van der Waals surface area contributed by atoms with Crippen molar-refractivity contribution in [2.45, 2.75) is 50.3 Å². The summed E-state index contributed by atoms with van der Waals surface area (Å²) in [4.78, 5) is 16.4. The molecule has 6 nitrogen and oxygen atoms in total. The van der Waals surface area contributed by atoms with Crippen LogP contribution in [0.3, 0.4) is 0 Å². The number of carbonyl (C=O) groups is 1. The van der Waals surface area contributed by atoms with Crippen LogP contribution in [-0.2, 0) is 22.9 Å². The average molecular weight is 409 g/mol. The molecule has 0 bridgehead atoms. The molecule has 8 heteroatoms. The largest absolute Gasteiger partial charge is 0.494 e. The molecule has 0 aliphatic heterocycles. The lowest BCUT2D eigenvalue weighted by molar-refractivity contribution is 0.0949. The van der Waals surface area contributed by atoms with Gasteiger partial charge in [-0.1, -0.05) is 12.8 Å². The normalized spacial score (nSPS) is 14.7. The quantitative estimate of drug-likeness (QED) is 0.717. The van der Waals surface area contributed by atoms with Crippen LogP contribution in [0.1, 0.15) is 52.7 Å². The Hall–Kier alpha value is -1.90. The van der Waals surface area contributed by atoms with Gasteiger partial charge in [-0.05, 0) is 68.5 Å². The van der Waals surface area contributed by atoms with Crippen LogP contribution in [-0.4, -0.2) is 20.9 Å². The highest BCUT2D eigenvalue weighted by Gasteiger charge is 2.19. The van der Waals surface area contributed by atoms with E-state index in [4.69, 9.17) is 4.74 Å². The minimum absolute atomic E-state index is 0.0599. The lowest BCUT2D eigenvalue weighted by Crippen LogP contribution is -2.41. The van der Waals surface area contributed by atoms with Crippen molar-refractivity contribution in [3.05, 3.63) is 45.6 Å². The van der Waals surface area contributed by atoms with Gasteiger partial charge in [0.2, 0.25) is 0 Å². The summed E-state index contributed by atoms with van der Waals surface area (Å²) in [5, 5.41) is 0. The highest BCUT2D eigenvalue weighted by atomic mass is 32.2. The monoisotopic (exact) mass is 408 g/mol. The van der Waals surface area contributed by atoms with Gasteiger partial charge in [-0.3, -0.25) is 10.2 Å². The Bertz CT molecular complexity index is 863. The molecule has 0 saturated heterocycles. The zero-order valence-corrected chi connectivity index (χ0v) is 16.9. The maximum Gasteiger partial charge on any atom is 0.276 e. The number of sulfonamides is 1. The van der Waals surface area contributed by atoms with Crippen LogP contribution in [0.2, 0.25) is 0 Å². The first-order valence-electron chi connectivity index (χ1n) is 9.16. The van der Waals surface area contributed by atoms with E-state index in [-0.39, 0.29) is 4.90 Å². The van der Waals surface area contributed by atoms with Crippen LogP contribution >= 0.6 is 11.3 Å². The van der Waals surface area contributed by atoms with E-state index in [1.165, 1.54) is 46.8 Å². The fourth-order valence-corrected chi connectivity index (χ4v) is 5.06. The van der Waals surface area contributed by atoms with Crippen molar-refractivity contribution in [2.75, 3.05) is 6.61 Å². The Morgan fingerprint density at radius 3 is 2.52 bits per heavy atom. The molecule has 1 heterocycles. The van der Waals surface area contributed by atoms with Gasteiger partial charge in [0, 0.05) is 4.88 Å². The molecule has 1 aliphatic rings. The van der Waals surface area contributed by atoms with Crippen molar-refractivity contribution in [1.29, 1.82) is 0 Å². The number of nitrogens with one attached hydrogen (secondary N) is 2. The lowest BCUT2D eigenvalue weighted by Gasteiger charge is -2.08. The average Bonchev–Trinajstić information content (AvgIpc) is 3.03. The summed E-state index contributed by atoms with van der Waals surface area (Å²) in [6, 6.07) is 7.94. The standard InChI is InChI=1S/C19H24N2O4S2/c1-2-25-15-9-11-16(12-10-15)27(23,24)21-20-19(22)18-13-14-7-5-3-4-6-8-17(14)26-18/h9-13,21H,2-8H2,1H3,(H,20,22). The Morgan fingerprint density at radius 1 is 1.11 bits per heavy atom. The third kappa shape index (κ3) is 5.09. The predicted octanol–water partition coefficient (Wildman–Crippen LogP) is 3.43. The van der Waals surface area contributed by atoms with Gasteiger partial charge in [-0.25, -0.2) is 8.42 Å². The Balaban J connectivity index is 1.65. The molecule has 0 atom stereocenters. The van der Waals surface area contributed by atoms with Gasteiger partial charge in [-0.2, -0.15) is 0 Å². The van der Waals surface area contributed by atoms with E-state index in [9.17, 15) is 13.2 Å². The third-order valence-corrected chi connectivity index (χ3v) is 6.96. The summed E-state index contributed by atoms with van der Waals surface area (Å²) in [6.07, 6.45) is 6.69. The Labute approximate surface area is 164 Å². The number of amides is 1. The first-order valence-corrected chi connectivity index (χ1v) is 11.5. The number of aryl methyl sites for hydroxylation is 2. The number of ether oxygens (including phenoxy) is 1. The minimum atomic E-state index is -3.84. The second-order valence-electron chi connectivity index (χ2n) is 6.44. The molecule has 0 unspecified atom stereocenters.